The normalized spacial score (nSPS) is 22.2. The van der Waals surface area contributed by atoms with Crippen LogP contribution in [-0.2, 0) is 16.0 Å². The number of rotatable bonds is 3. The molecule has 0 unspecified atom stereocenters. The highest BCUT2D eigenvalue weighted by Crippen LogP contribution is 2.42. The first kappa shape index (κ1) is 14.2. The zero-order chi connectivity index (χ0) is 14.8. The number of carbonyl (C=O) groups is 1. The van der Waals surface area contributed by atoms with Crippen molar-refractivity contribution < 1.29 is 9.53 Å². The molecule has 0 heterocycles. The van der Waals surface area contributed by atoms with Crippen LogP contribution in [0.25, 0.3) is 5.70 Å². The molecule has 0 bridgehead atoms. The van der Waals surface area contributed by atoms with Crippen LogP contribution in [0.3, 0.4) is 0 Å². The summed E-state index contributed by atoms with van der Waals surface area (Å²) in [4.78, 5) is 12.4. The smallest absolute Gasteiger partial charge is 0.336 e. The van der Waals surface area contributed by atoms with Crippen LogP contribution in [0.4, 0.5) is 0 Å². The average molecular weight is 285 g/mol. The molecule has 0 spiro atoms. The van der Waals surface area contributed by atoms with E-state index in [-0.39, 0.29) is 11.9 Å². The summed E-state index contributed by atoms with van der Waals surface area (Å²) in [6.07, 6.45) is 5.83. The lowest BCUT2D eigenvalue weighted by Crippen LogP contribution is -2.30. The number of carbonyl (C=O) groups excluding carboxylic acids is 1. The maximum atomic E-state index is 12.4. The summed E-state index contributed by atoms with van der Waals surface area (Å²) >= 11 is 0. The van der Waals surface area contributed by atoms with Crippen molar-refractivity contribution in [1.29, 1.82) is 0 Å². The van der Waals surface area contributed by atoms with Gasteiger partial charge in [-0.3, -0.25) is 0 Å². The molecule has 3 rings (SSSR count). The third kappa shape index (κ3) is 2.57. The van der Waals surface area contributed by atoms with Crippen molar-refractivity contribution in [2.24, 2.45) is 17.6 Å². The van der Waals surface area contributed by atoms with Gasteiger partial charge in [0.15, 0.2) is 0 Å². The predicted octanol–water partition coefficient (Wildman–Crippen LogP) is 3.28. The van der Waals surface area contributed by atoms with Crippen LogP contribution < -0.4 is 5.73 Å². The predicted molar refractivity (Wildman–Crippen MR) is 83.3 cm³/mol. The molecule has 0 aliphatic heterocycles. The summed E-state index contributed by atoms with van der Waals surface area (Å²) in [6.45, 7) is 2.24. The van der Waals surface area contributed by atoms with Gasteiger partial charge in [0.2, 0.25) is 0 Å². The van der Waals surface area contributed by atoms with Gasteiger partial charge < -0.3 is 10.5 Å². The fraction of sp³-hybridized carbons (Fsp3) is 0.500. The van der Waals surface area contributed by atoms with E-state index in [1.54, 1.807) is 0 Å². The van der Waals surface area contributed by atoms with Crippen LogP contribution in [0.15, 0.2) is 29.8 Å². The highest BCUT2D eigenvalue weighted by Gasteiger charge is 2.37. The van der Waals surface area contributed by atoms with Crippen molar-refractivity contribution in [3.05, 3.63) is 41.0 Å². The maximum absolute atomic E-state index is 12.4. The Hall–Kier alpha value is -1.77. The second-order valence-corrected chi connectivity index (χ2v) is 6.06. The van der Waals surface area contributed by atoms with E-state index in [1.165, 1.54) is 31.2 Å². The van der Waals surface area contributed by atoms with E-state index in [9.17, 15) is 4.79 Å². The molecule has 1 atom stereocenters. The topological polar surface area (TPSA) is 52.3 Å². The van der Waals surface area contributed by atoms with Crippen LogP contribution >= 0.6 is 0 Å². The Morgan fingerprint density at radius 3 is 2.71 bits per heavy atom. The molecule has 1 aromatic carbocycles. The van der Waals surface area contributed by atoms with E-state index >= 15 is 0 Å². The van der Waals surface area contributed by atoms with Crippen LogP contribution in [0.2, 0.25) is 0 Å². The van der Waals surface area contributed by atoms with Crippen LogP contribution in [0.1, 0.15) is 43.7 Å². The minimum Gasteiger partial charge on any atom is -0.463 e. The number of nitrogens with two attached hydrogens (primary N) is 1. The monoisotopic (exact) mass is 285 g/mol. The molecule has 3 nitrogen and oxygen atoms in total. The Balaban J connectivity index is 2.04. The molecular formula is C18H23NO2. The van der Waals surface area contributed by atoms with Crippen molar-refractivity contribution in [1.82, 2.24) is 0 Å². The standard InChI is InChI=1S/C18H23NO2/c1-2-21-18(20)16-15(12-7-3-4-8-12)11-13-9-5-6-10-14(13)17(16)19/h5-6,9-10,12,15H,2-4,7-8,11,19H2,1H3/t15-/m1/s1. The van der Waals surface area contributed by atoms with Gasteiger partial charge in [0.25, 0.3) is 0 Å². The third-order valence-electron chi connectivity index (χ3n) is 4.87. The number of esters is 1. The van der Waals surface area contributed by atoms with E-state index in [2.05, 4.69) is 6.07 Å². The van der Waals surface area contributed by atoms with Gasteiger partial charge in [0, 0.05) is 11.3 Å². The Morgan fingerprint density at radius 1 is 1.29 bits per heavy atom. The van der Waals surface area contributed by atoms with E-state index in [0.29, 0.717) is 18.2 Å². The van der Waals surface area contributed by atoms with E-state index in [0.717, 1.165) is 17.6 Å². The molecule has 2 aliphatic carbocycles. The zero-order valence-electron chi connectivity index (χ0n) is 12.6. The van der Waals surface area contributed by atoms with Gasteiger partial charge in [0.1, 0.15) is 0 Å². The first-order valence-electron chi connectivity index (χ1n) is 7.97. The molecule has 0 aromatic heterocycles. The molecule has 1 aromatic rings. The highest BCUT2D eigenvalue weighted by molar-refractivity contribution is 5.98. The van der Waals surface area contributed by atoms with Crippen molar-refractivity contribution >= 4 is 11.7 Å². The van der Waals surface area contributed by atoms with Gasteiger partial charge in [-0.25, -0.2) is 4.79 Å². The summed E-state index contributed by atoms with van der Waals surface area (Å²) in [5.41, 5.74) is 9.99. The average Bonchev–Trinajstić information content (AvgIpc) is 3.01. The molecular weight excluding hydrogens is 262 g/mol. The number of hydrogen-bond donors (Lipinski definition) is 1. The Labute approximate surface area is 126 Å². The number of ether oxygens (including phenoxy) is 1. The Kier molecular flexibility index (Phi) is 4.00. The molecule has 21 heavy (non-hydrogen) atoms. The quantitative estimate of drug-likeness (QED) is 0.867. The fourth-order valence-corrected chi connectivity index (χ4v) is 3.88. The summed E-state index contributed by atoms with van der Waals surface area (Å²) in [5.74, 6) is 0.569. The van der Waals surface area contributed by atoms with E-state index in [1.807, 2.05) is 25.1 Å². The van der Waals surface area contributed by atoms with E-state index in [4.69, 9.17) is 10.5 Å². The number of fused-ring (bicyclic) bond motifs is 1. The molecule has 1 saturated carbocycles. The van der Waals surface area contributed by atoms with Crippen molar-refractivity contribution in [3.8, 4) is 0 Å². The second-order valence-electron chi connectivity index (χ2n) is 6.06. The van der Waals surface area contributed by atoms with Gasteiger partial charge in [-0.15, -0.1) is 0 Å². The molecule has 2 aliphatic rings. The second kappa shape index (κ2) is 5.92. The largest absolute Gasteiger partial charge is 0.463 e. The molecule has 0 saturated heterocycles. The van der Waals surface area contributed by atoms with Gasteiger partial charge in [-0.05, 0) is 43.6 Å². The minimum atomic E-state index is -0.221. The summed E-state index contributed by atoms with van der Waals surface area (Å²) < 4.78 is 5.28. The lowest BCUT2D eigenvalue weighted by Gasteiger charge is -2.31. The SMILES string of the molecule is CCOC(=O)C1=C(N)c2ccccc2C[C@@H]1C1CCCC1. The van der Waals surface area contributed by atoms with Crippen LogP contribution in [-0.4, -0.2) is 12.6 Å². The molecule has 1 fully saturated rings. The number of benzene rings is 1. The number of hydrogen-bond acceptors (Lipinski definition) is 3. The first-order valence-corrected chi connectivity index (χ1v) is 7.97. The van der Waals surface area contributed by atoms with Gasteiger partial charge in [0.05, 0.1) is 12.2 Å². The highest BCUT2D eigenvalue weighted by atomic mass is 16.5. The van der Waals surface area contributed by atoms with Crippen molar-refractivity contribution in [2.45, 2.75) is 39.0 Å². The fourth-order valence-electron chi connectivity index (χ4n) is 3.88. The van der Waals surface area contributed by atoms with Gasteiger partial charge in [-0.1, -0.05) is 37.1 Å². The zero-order valence-corrected chi connectivity index (χ0v) is 12.6. The minimum absolute atomic E-state index is 0.221. The molecule has 0 amide bonds. The summed E-state index contributed by atoms with van der Waals surface area (Å²) in [5, 5.41) is 0. The molecule has 2 N–H and O–H groups in total. The Bertz CT molecular complexity index is 570. The van der Waals surface area contributed by atoms with Crippen molar-refractivity contribution in [3.63, 3.8) is 0 Å². The van der Waals surface area contributed by atoms with Crippen molar-refractivity contribution in [2.75, 3.05) is 6.61 Å². The first-order chi connectivity index (χ1) is 10.2. The van der Waals surface area contributed by atoms with Gasteiger partial charge >= 0.3 is 5.97 Å². The summed E-state index contributed by atoms with van der Waals surface area (Å²) in [6, 6.07) is 8.17. The lowest BCUT2D eigenvalue weighted by atomic mass is 9.74. The van der Waals surface area contributed by atoms with Crippen LogP contribution in [0.5, 0.6) is 0 Å². The lowest BCUT2D eigenvalue weighted by molar-refractivity contribution is -0.139. The molecule has 112 valence electrons. The Morgan fingerprint density at radius 2 is 2.00 bits per heavy atom. The maximum Gasteiger partial charge on any atom is 0.336 e. The summed E-state index contributed by atoms with van der Waals surface area (Å²) in [7, 11) is 0. The molecule has 3 heteroatoms. The molecule has 0 radical (unpaired) electrons. The van der Waals surface area contributed by atoms with E-state index < -0.39 is 0 Å². The van der Waals surface area contributed by atoms with Crippen LogP contribution in [0, 0.1) is 11.8 Å². The third-order valence-corrected chi connectivity index (χ3v) is 4.87. The van der Waals surface area contributed by atoms with Gasteiger partial charge in [-0.2, -0.15) is 0 Å².